The van der Waals surface area contributed by atoms with Gasteiger partial charge in [-0.15, -0.1) is 11.3 Å². The summed E-state index contributed by atoms with van der Waals surface area (Å²) in [5.74, 6) is 0.635. The molecular weight excluding hydrogens is 284 g/mol. The topological polar surface area (TPSA) is 43.4 Å². The summed E-state index contributed by atoms with van der Waals surface area (Å²) in [6.45, 7) is 7.88. The van der Waals surface area contributed by atoms with Gasteiger partial charge in [0, 0.05) is 30.7 Å². The van der Waals surface area contributed by atoms with E-state index in [1.54, 1.807) is 11.3 Å². The lowest BCUT2D eigenvalue weighted by Crippen LogP contribution is -2.47. The number of nitrogens with zero attached hydrogens (tertiary/aromatic N) is 1. The van der Waals surface area contributed by atoms with Gasteiger partial charge in [-0.3, -0.25) is 0 Å². The van der Waals surface area contributed by atoms with E-state index in [1.165, 1.54) is 10.6 Å². The van der Waals surface area contributed by atoms with Gasteiger partial charge in [0.25, 0.3) is 0 Å². The van der Waals surface area contributed by atoms with E-state index in [9.17, 15) is 0 Å². The summed E-state index contributed by atoms with van der Waals surface area (Å²) in [5.41, 5.74) is 3.21. The van der Waals surface area contributed by atoms with E-state index in [0.29, 0.717) is 12.0 Å². The third kappa shape index (κ3) is 3.31. The molecule has 1 aromatic rings. The van der Waals surface area contributed by atoms with Crippen molar-refractivity contribution in [2.45, 2.75) is 51.2 Å². The Morgan fingerprint density at radius 3 is 2.90 bits per heavy atom. The van der Waals surface area contributed by atoms with Gasteiger partial charge in [0.2, 0.25) is 0 Å². The van der Waals surface area contributed by atoms with Crippen LogP contribution in [0.4, 0.5) is 0 Å². The average Bonchev–Trinajstić information content (AvgIpc) is 2.91. The molecule has 3 rings (SSSR count). The minimum Gasteiger partial charge on any atom is -0.381 e. The van der Waals surface area contributed by atoms with E-state index in [4.69, 9.17) is 9.47 Å². The third-order valence-electron chi connectivity index (χ3n) is 4.90. The summed E-state index contributed by atoms with van der Waals surface area (Å²) in [6.07, 6.45) is 4.37. The van der Waals surface area contributed by atoms with Crippen LogP contribution in [0.25, 0.3) is 0 Å². The molecule has 0 aromatic carbocycles. The lowest BCUT2D eigenvalue weighted by Gasteiger charge is -2.45. The van der Waals surface area contributed by atoms with Gasteiger partial charge in [0.1, 0.15) is 0 Å². The van der Waals surface area contributed by atoms with Gasteiger partial charge < -0.3 is 14.8 Å². The van der Waals surface area contributed by atoms with Gasteiger partial charge in [0.05, 0.1) is 16.8 Å². The average molecular weight is 310 g/mol. The van der Waals surface area contributed by atoms with Crippen molar-refractivity contribution in [1.29, 1.82) is 0 Å². The van der Waals surface area contributed by atoms with E-state index >= 15 is 0 Å². The molecule has 2 saturated heterocycles. The number of thiazole rings is 1. The molecule has 2 unspecified atom stereocenters. The summed E-state index contributed by atoms with van der Waals surface area (Å²) < 4.78 is 11.7. The second-order valence-electron chi connectivity index (χ2n) is 6.23. The molecule has 2 aliphatic heterocycles. The van der Waals surface area contributed by atoms with Gasteiger partial charge in [-0.05, 0) is 45.1 Å². The fourth-order valence-electron chi connectivity index (χ4n) is 3.74. The Bertz CT molecular complexity index is 451. The SMILES string of the molecule is CCNC(c1scnc1C)C1CCOC2(CCOCC2)C1. The van der Waals surface area contributed by atoms with Crippen molar-refractivity contribution >= 4 is 11.3 Å². The lowest BCUT2D eigenvalue weighted by atomic mass is 9.77. The highest BCUT2D eigenvalue weighted by Crippen LogP contribution is 2.43. The van der Waals surface area contributed by atoms with Crippen molar-refractivity contribution in [3.8, 4) is 0 Å². The second-order valence-corrected chi connectivity index (χ2v) is 7.12. The molecule has 0 aliphatic carbocycles. The Balaban J connectivity index is 1.77. The molecule has 0 saturated carbocycles. The summed E-state index contributed by atoms with van der Waals surface area (Å²) in [4.78, 5) is 5.85. The van der Waals surface area contributed by atoms with Crippen molar-refractivity contribution < 1.29 is 9.47 Å². The number of hydrogen-bond acceptors (Lipinski definition) is 5. The summed E-state index contributed by atoms with van der Waals surface area (Å²) in [5, 5.41) is 3.70. The van der Waals surface area contributed by atoms with Crippen LogP contribution in [0.5, 0.6) is 0 Å². The van der Waals surface area contributed by atoms with Crippen molar-refractivity contribution in [2.75, 3.05) is 26.4 Å². The Morgan fingerprint density at radius 1 is 1.43 bits per heavy atom. The molecule has 2 fully saturated rings. The zero-order valence-electron chi connectivity index (χ0n) is 13.1. The smallest absolute Gasteiger partial charge is 0.0798 e. The number of aromatic nitrogens is 1. The Hall–Kier alpha value is -0.490. The molecule has 0 amide bonds. The van der Waals surface area contributed by atoms with E-state index in [1.807, 2.05) is 5.51 Å². The molecule has 0 bridgehead atoms. The largest absolute Gasteiger partial charge is 0.381 e. The maximum atomic E-state index is 6.19. The van der Waals surface area contributed by atoms with Gasteiger partial charge in [0.15, 0.2) is 0 Å². The van der Waals surface area contributed by atoms with Crippen molar-refractivity contribution in [3.05, 3.63) is 16.1 Å². The molecule has 2 atom stereocenters. The van der Waals surface area contributed by atoms with Crippen LogP contribution >= 0.6 is 11.3 Å². The Morgan fingerprint density at radius 2 is 2.24 bits per heavy atom. The molecule has 0 radical (unpaired) electrons. The fraction of sp³-hybridized carbons (Fsp3) is 0.812. The summed E-state index contributed by atoms with van der Waals surface area (Å²) >= 11 is 1.79. The maximum Gasteiger partial charge on any atom is 0.0798 e. The highest BCUT2D eigenvalue weighted by Gasteiger charge is 2.41. The standard InChI is InChI=1S/C16H26N2O2S/c1-3-17-14(15-12(2)18-11-21-15)13-4-7-20-16(10-13)5-8-19-9-6-16/h11,13-14,17H,3-10H2,1-2H3. The number of ether oxygens (including phenoxy) is 2. The molecule has 1 spiro atoms. The van der Waals surface area contributed by atoms with Crippen LogP contribution in [0.15, 0.2) is 5.51 Å². The zero-order valence-corrected chi connectivity index (χ0v) is 13.9. The minimum absolute atomic E-state index is 0.0629. The van der Waals surface area contributed by atoms with Crippen LogP contribution in [-0.4, -0.2) is 37.0 Å². The second kappa shape index (κ2) is 6.73. The predicted octanol–water partition coefficient (Wildman–Crippen LogP) is 3.08. The summed E-state index contributed by atoms with van der Waals surface area (Å²) in [6, 6.07) is 0.422. The molecule has 21 heavy (non-hydrogen) atoms. The van der Waals surface area contributed by atoms with E-state index < -0.39 is 0 Å². The molecule has 1 aromatic heterocycles. The van der Waals surface area contributed by atoms with Crippen LogP contribution in [0, 0.1) is 12.8 Å². The first kappa shape index (κ1) is 15.4. The minimum atomic E-state index is 0.0629. The van der Waals surface area contributed by atoms with Gasteiger partial charge in [-0.25, -0.2) is 4.98 Å². The number of rotatable bonds is 4. The first-order valence-electron chi connectivity index (χ1n) is 8.09. The molecular formula is C16H26N2O2S. The van der Waals surface area contributed by atoms with Crippen LogP contribution < -0.4 is 5.32 Å². The fourth-order valence-corrected chi connectivity index (χ4v) is 4.71. The molecule has 5 heteroatoms. The van der Waals surface area contributed by atoms with Crippen LogP contribution in [0.1, 0.15) is 49.2 Å². The van der Waals surface area contributed by atoms with Crippen LogP contribution in [0.3, 0.4) is 0 Å². The van der Waals surface area contributed by atoms with E-state index in [0.717, 1.165) is 52.0 Å². The maximum absolute atomic E-state index is 6.19. The molecule has 1 N–H and O–H groups in total. The first-order chi connectivity index (χ1) is 10.2. The van der Waals surface area contributed by atoms with E-state index in [2.05, 4.69) is 24.1 Å². The van der Waals surface area contributed by atoms with Crippen molar-refractivity contribution in [3.63, 3.8) is 0 Å². The molecule has 3 heterocycles. The highest BCUT2D eigenvalue weighted by atomic mass is 32.1. The van der Waals surface area contributed by atoms with Crippen LogP contribution in [0.2, 0.25) is 0 Å². The highest BCUT2D eigenvalue weighted by molar-refractivity contribution is 7.09. The monoisotopic (exact) mass is 310 g/mol. The predicted molar refractivity (Wildman–Crippen MR) is 84.7 cm³/mol. The third-order valence-corrected chi connectivity index (χ3v) is 5.91. The number of hydrogen-bond donors (Lipinski definition) is 1. The van der Waals surface area contributed by atoms with Crippen molar-refractivity contribution in [2.24, 2.45) is 5.92 Å². The molecule has 2 aliphatic rings. The van der Waals surface area contributed by atoms with Gasteiger partial charge in [-0.1, -0.05) is 6.92 Å². The van der Waals surface area contributed by atoms with Gasteiger partial charge >= 0.3 is 0 Å². The zero-order chi connectivity index (χ0) is 14.7. The van der Waals surface area contributed by atoms with Crippen molar-refractivity contribution in [1.82, 2.24) is 10.3 Å². The summed E-state index contributed by atoms with van der Waals surface area (Å²) in [7, 11) is 0. The lowest BCUT2D eigenvalue weighted by molar-refractivity contribution is -0.150. The number of nitrogens with one attached hydrogen (secondary N) is 1. The van der Waals surface area contributed by atoms with E-state index in [-0.39, 0.29) is 5.60 Å². The number of aryl methyl sites for hydroxylation is 1. The molecule has 4 nitrogen and oxygen atoms in total. The van der Waals surface area contributed by atoms with Crippen LogP contribution in [-0.2, 0) is 9.47 Å². The first-order valence-corrected chi connectivity index (χ1v) is 8.97. The van der Waals surface area contributed by atoms with Gasteiger partial charge in [-0.2, -0.15) is 0 Å². The Kier molecular flexibility index (Phi) is 4.94. The normalized spacial score (nSPS) is 26.9. The Labute approximate surface area is 131 Å². The molecule has 118 valence electrons. The quantitative estimate of drug-likeness (QED) is 0.928.